The van der Waals surface area contributed by atoms with Crippen molar-refractivity contribution in [2.45, 2.75) is 83.7 Å². The van der Waals surface area contributed by atoms with Crippen LogP contribution in [0.4, 0.5) is 5.69 Å². The highest BCUT2D eigenvalue weighted by Gasteiger charge is 2.28. The molecule has 1 N–H and O–H groups in total. The molecule has 0 aromatic heterocycles. The lowest BCUT2D eigenvalue weighted by Crippen LogP contribution is -2.51. The number of benzene rings is 2. The van der Waals surface area contributed by atoms with Crippen LogP contribution in [-0.2, 0) is 32.5 Å². The highest BCUT2D eigenvalue weighted by Crippen LogP contribution is 2.21. The van der Waals surface area contributed by atoms with Gasteiger partial charge in [-0.1, -0.05) is 68.7 Å². The highest BCUT2D eigenvalue weighted by atomic mass is 32.2. The summed E-state index contributed by atoms with van der Waals surface area (Å²) in [5.74, 6) is -0.255. The lowest BCUT2D eigenvalue weighted by Gasteiger charge is -2.31. The number of aryl methyl sites for hydroxylation is 1. The Labute approximate surface area is 228 Å². The zero-order chi connectivity index (χ0) is 27.5. The van der Waals surface area contributed by atoms with Crippen molar-refractivity contribution in [2.24, 2.45) is 0 Å². The summed E-state index contributed by atoms with van der Waals surface area (Å²) in [6.07, 6.45) is 8.64. The summed E-state index contributed by atoms with van der Waals surface area (Å²) in [5.41, 5.74) is 2.83. The first-order valence-corrected chi connectivity index (χ1v) is 15.7. The van der Waals surface area contributed by atoms with Gasteiger partial charge in [-0.15, -0.1) is 0 Å². The minimum Gasteiger partial charge on any atom is -0.352 e. The van der Waals surface area contributed by atoms with Crippen molar-refractivity contribution in [2.75, 3.05) is 23.7 Å². The molecule has 38 heavy (non-hydrogen) atoms. The second kappa shape index (κ2) is 14.3. The normalized spacial score (nSPS) is 15.0. The van der Waals surface area contributed by atoms with Crippen molar-refractivity contribution in [3.8, 4) is 0 Å². The number of amides is 2. The van der Waals surface area contributed by atoms with Crippen LogP contribution in [0.1, 0.15) is 69.9 Å². The van der Waals surface area contributed by atoms with E-state index in [9.17, 15) is 18.0 Å². The number of hydrogen-bond donors (Lipinski definition) is 1. The number of sulfonamides is 1. The van der Waals surface area contributed by atoms with E-state index >= 15 is 0 Å². The minimum absolute atomic E-state index is 0.118. The molecule has 2 amide bonds. The topological polar surface area (TPSA) is 86.8 Å². The first-order valence-electron chi connectivity index (χ1n) is 13.9. The van der Waals surface area contributed by atoms with Crippen molar-refractivity contribution in [1.29, 1.82) is 0 Å². The fraction of sp³-hybridized carbons (Fsp3) is 0.533. The predicted octanol–water partition coefficient (Wildman–Crippen LogP) is 4.70. The first-order chi connectivity index (χ1) is 18.2. The van der Waals surface area contributed by atoms with E-state index in [0.717, 1.165) is 43.2 Å². The van der Waals surface area contributed by atoms with E-state index in [1.54, 1.807) is 11.8 Å². The van der Waals surface area contributed by atoms with E-state index in [4.69, 9.17) is 0 Å². The van der Waals surface area contributed by atoms with Gasteiger partial charge in [0.15, 0.2) is 0 Å². The van der Waals surface area contributed by atoms with Crippen LogP contribution in [0, 0.1) is 0 Å². The average molecular weight is 542 g/mol. The highest BCUT2D eigenvalue weighted by molar-refractivity contribution is 7.92. The minimum atomic E-state index is -3.50. The lowest BCUT2D eigenvalue weighted by atomic mass is 9.95. The van der Waals surface area contributed by atoms with E-state index in [0.29, 0.717) is 25.1 Å². The largest absolute Gasteiger partial charge is 0.352 e. The summed E-state index contributed by atoms with van der Waals surface area (Å²) in [6.45, 7) is 4.47. The maximum absolute atomic E-state index is 13.4. The molecule has 1 unspecified atom stereocenters. The van der Waals surface area contributed by atoms with Crippen molar-refractivity contribution < 1.29 is 18.0 Å². The Bertz CT molecular complexity index is 1130. The van der Waals surface area contributed by atoms with Crippen molar-refractivity contribution in [1.82, 2.24) is 10.2 Å². The van der Waals surface area contributed by atoms with Crippen LogP contribution in [0.2, 0.25) is 0 Å². The maximum atomic E-state index is 13.4. The molecule has 1 atom stereocenters. The fourth-order valence-corrected chi connectivity index (χ4v) is 6.01. The third kappa shape index (κ3) is 8.86. The molecule has 2 aromatic rings. The van der Waals surface area contributed by atoms with E-state index in [1.807, 2.05) is 54.6 Å². The lowest BCUT2D eigenvalue weighted by molar-refractivity contribution is -0.140. The van der Waals surface area contributed by atoms with Crippen LogP contribution in [0.25, 0.3) is 0 Å². The molecule has 3 rings (SSSR count). The molecular formula is C30H43N3O4S. The monoisotopic (exact) mass is 541 g/mol. The molecule has 7 nitrogen and oxygen atoms in total. The van der Waals surface area contributed by atoms with Crippen LogP contribution >= 0.6 is 0 Å². The molecule has 0 bridgehead atoms. The van der Waals surface area contributed by atoms with Gasteiger partial charge in [-0.25, -0.2) is 8.42 Å². The molecule has 208 valence electrons. The summed E-state index contributed by atoms with van der Waals surface area (Å²) < 4.78 is 26.4. The predicted molar refractivity (Wildman–Crippen MR) is 154 cm³/mol. The summed E-state index contributed by atoms with van der Waals surface area (Å²) in [4.78, 5) is 28.2. The maximum Gasteiger partial charge on any atom is 0.242 e. The van der Waals surface area contributed by atoms with E-state index in [-0.39, 0.29) is 30.8 Å². The summed E-state index contributed by atoms with van der Waals surface area (Å²) >= 11 is 0. The van der Waals surface area contributed by atoms with Gasteiger partial charge in [0.05, 0.1) is 11.9 Å². The number of hydrogen-bond acceptors (Lipinski definition) is 4. The van der Waals surface area contributed by atoms with E-state index in [2.05, 4.69) is 12.2 Å². The third-order valence-corrected chi connectivity index (χ3v) is 8.58. The fourth-order valence-electron chi connectivity index (χ4n) is 5.04. The van der Waals surface area contributed by atoms with E-state index < -0.39 is 16.1 Å². The Morgan fingerprint density at radius 3 is 2.21 bits per heavy atom. The van der Waals surface area contributed by atoms with Crippen LogP contribution in [0.15, 0.2) is 54.6 Å². The zero-order valence-electron chi connectivity index (χ0n) is 23.1. The molecule has 1 aliphatic carbocycles. The molecule has 0 aliphatic heterocycles. The van der Waals surface area contributed by atoms with Crippen LogP contribution in [0.5, 0.6) is 0 Å². The zero-order valence-corrected chi connectivity index (χ0v) is 23.9. The molecule has 1 aliphatic rings. The molecule has 0 saturated heterocycles. The molecule has 0 radical (unpaired) electrons. The van der Waals surface area contributed by atoms with Gasteiger partial charge in [-0.2, -0.15) is 0 Å². The second-order valence-corrected chi connectivity index (χ2v) is 12.2. The number of anilines is 1. The Kier molecular flexibility index (Phi) is 11.2. The van der Waals surface area contributed by atoms with Crippen LogP contribution in [0.3, 0.4) is 0 Å². The Morgan fingerprint density at radius 1 is 0.947 bits per heavy atom. The number of rotatable bonds is 13. The SMILES string of the molecule is CCc1ccc(N(CCCC(=O)N(CCc2ccccc2)C(C)C(=O)NC2CCCCC2)S(C)(=O)=O)cc1. The van der Waals surface area contributed by atoms with Gasteiger partial charge in [-0.3, -0.25) is 13.9 Å². The molecule has 1 fully saturated rings. The van der Waals surface area contributed by atoms with Gasteiger partial charge >= 0.3 is 0 Å². The van der Waals surface area contributed by atoms with Crippen molar-refractivity contribution in [3.63, 3.8) is 0 Å². The molecule has 8 heteroatoms. The van der Waals surface area contributed by atoms with Gasteiger partial charge in [0, 0.05) is 25.6 Å². The molecule has 1 saturated carbocycles. The number of carbonyl (C=O) groups is 2. The van der Waals surface area contributed by atoms with Gasteiger partial charge < -0.3 is 10.2 Å². The third-order valence-electron chi connectivity index (χ3n) is 7.39. The van der Waals surface area contributed by atoms with Crippen molar-refractivity contribution >= 4 is 27.5 Å². The second-order valence-electron chi connectivity index (χ2n) is 10.3. The number of nitrogens with one attached hydrogen (secondary N) is 1. The molecule has 2 aromatic carbocycles. The van der Waals surface area contributed by atoms with Gasteiger partial charge in [0.2, 0.25) is 21.8 Å². The van der Waals surface area contributed by atoms with Gasteiger partial charge in [0.1, 0.15) is 6.04 Å². The molecular weight excluding hydrogens is 498 g/mol. The quantitative estimate of drug-likeness (QED) is 0.398. The smallest absolute Gasteiger partial charge is 0.242 e. The van der Waals surface area contributed by atoms with Gasteiger partial charge in [-0.05, 0) is 62.3 Å². The Balaban J connectivity index is 1.66. The standard InChI is InChI=1S/C30H43N3O4S/c1-4-25-17-19-28(20-18-25)33(38(3,36)37)22-11-16-29(34)32(23-21-26-12-7-5-8-13-26)24(2)30(35)31-27-14-9-6-10-15-27/h5,7-8,12-13,17-20,24,27H,4,6,9-11,14-16,21-23H2,1-3H3,(H,31,35). The average Bonchev–Trinajstić information content (AvgIpc) is 2.91. The number of nitrogens with zero attached hydrogens (tertiary/aromatic N) is 2. The molecule has 0 heterocycles. The van der Waals surface area contributed by atoms with Crippen molar-refractivity contribution in [3.05, 3.63) is 65.7 Å². The summed E-state index contributed by atoms with van der Waals surface area (Å²) in [7, 11) is -3.50. The number of carbonyl (C=O) groups excluding carboxylic acids is 2. The van der Waals surface area contributed by atoms with Gasteiger partial charge in [0.25, 0.3) is 0 Å². The molecule has 0 spiro atoms. The summed E-state index contributed by atoms with van der Waals surface area (Å²) in [6, 6.07) is 17.0. The van der Waals surface area contributed by atoms with Crippen LogP contribution < -0.4 is 9.62 Å². The Morgan fingerprint density at radius 2 is 1.61 bits per heavy atom. The summed E-state index contributed by atoms with van der Waals surface area (Å²) in [5, 5.41) is 3.16. The van der Waals surface area contributed by atoms with E-state index in [1.165, 1.54) is 17.0 Å². The Hall–Kier alpha value is -2.87. The van der Waals surface area contributed by atoms with Crippen LogP contribution in [-0.4, -0.2) is 56.6 Å². The first kappa shape index (κ1) is 29.7.